The van der Waals surface area contributed by atoms with E-state index in [1.165, 1.54) is 6.08 Å². The van der Waals surface area contributed by atoms with E-state index in [1.807, 2.05) is 39.0 Å². The molecule has 0 radical (unpaired) electrons. The minimum absolute atomic E-state index is 0.0498. The van der Waals surface area contributed by atoms with Gasteiger partial charge in [0.15, 0.2) is 11.5 Å². The Morgan fingerprint density at radius 2 is 1.66 bits per heavy atom. The quantitative estimate of drug-likeness (QED) is 0.601. The second kappa shape index (κ2) is 10.9. The smallest absolute Gasteiger partial charge is 0.248 e. The molecule has 2 N–H and O–H groups in total. The van der Waals surface area contributed by atoms with Crippen molar-refractivity contribution in [3.05, 3.63) is 54.1 Å². The fraction of sp³-hybridized carbons (Fsp3) is 0.304. The molecule has 2 aromatic rings. The van der Waals surface area contributed by atoms with Crippen LogP contribution >= 0.6 is 0 Å². The van der Waals surface area contributed by atoms with Crippen molar-refractivity contribution >= 4 is 29.3 Å². The van der Waals surface area contributed by atoms with Gasteiger partial charge in [-0.1, -0.05) is 26.8 Å². The van der Waals surface area contributed by atoms with Gasteiger partial charge < -0.3 is 20.1 Å². The van der Waals surface area contributed by atoms with Crippen LogP contribution in [0.15, 0.2) is 48.5 Å². The number of carbonyl (C=O) groups excluding carboxylic acids is 2. The molecule has 6 heteroatoms. The summed E-state index contributed by atoms with van der Waals surface area (Å²) in [6.07, 6.45) is 4.07. The maximum atomic E-state index is 12.2. The van der Waals surface area contributed by atoms with Gasteiger partial charge in [0.2, 0.25) is 11.8 Å². The molecule has 0 bridgehead atoms. The van der Waals surface area contributed by atoms with Crippen LogP contribution in [-0.4, -0.2) is 25.5 Å². The molecule has 2 amide bonds. The first-order valence-electron chi connectivity index (χ1n) is 9.63. The molecule has 29 heavy (non-hydrogen) atoms. The number of benzene rings is 2. The first-order chi connectivity index (χ1) is 13.9. The van der Waals surface area contributed by atoms with Gasteiger partial charge in [-0.3, -0.25) is 9.59 Å². The summed E-state index contributed by atoms with van der Waals surface area (Å²) in [7, 11) is 1.58. The van der Waals surface area contributed by atoms with E-state index in [9.17, 15) is 9.59 Å². The molecule has 0 aromatic heterocycles. The lowest BCUT2D eigenvalue weighted by Crippen LogP contribution is -2.17. The van der Waals surface area contributed by atoms with Crippen molar-refractivity contribution in [3.8, 4) is 11.5 Å². The Hall–Kier alpha value is -3.28. The first kappa shape index (κ1) is 22.0. The Balaban J connectivity index is 1.96. The molecule has 0 aliphatic heterocycles. The number of ether oxygens (including phenoxy) is 2. The minimum atomic E-state index is -0.255. The van der Waals surface area contributed by atoms with Crippen molar-refractivity contribution in [1.29, 1.82) is 0 Å². The van der Waals surface area contributed by atoms with Crippen molar-refractivity contribution in [2.24, 2.45) is 5.92 Å². The van der Waals surface area contributed by atoms with Gasteiger partial charge in [-0.05, 0) is 54.5 Å². The van der Waals surface area contributed by atoms with Gasteiger partial charge in [-0.15, -0.1) is 0 Å². The Morgan fingerprint density at radius 1 is 1.00 bits per heavy atom. The van der Waals surface area contributed by atoms with Crippen LogP contribution in [0.1, 0.15) is 32.8 Å². The fourth-order valence-electron chi connectivity index (χ4n) is 2.40. The zero-order valence-electron chi connectivity index (χ0n) is 17.3. The van der Waals surface area contributed by atoms with Crippen LogP contribution in [0.5, 0.6) is 11.5 Å². The largest absolute Gasteiger partial charge is 0.493 e. The highest BCUT2D eigenvalue weighted by Crippen LogP contribution is 2.28. The summed E-state index contributed by atoms with van der Waals surface area (Å²) in [6.45, 7) is 6.32. The highest BCUT2D eigenvalue weighted by molar-refractivity contribution is 6.02. The van der Waals surface area contributed by atoms with Gasteiger partial charge in [0.25, 0.3) is 0 Å². The highest BCUT2D eigenvalue weighted by atomic mass is 16.5. The van der Waals surface area contributed by atoms with E-state index in [4.69, 9.17) is 9.47 Å². The number of amides is 2. The number of anilines is 2. The van der Waals surface area contributed by atoms with E-state index in [1.54, 1.807) is 37.5 Å². The number of carbonyl (C=O) groups is 2. The van der Waals surface area contributed by atoms with Gasteiger partial charge in [0.05, 0.1) is 13.7 Å². The SMILES string of the molecule is CCCOc1ccc(/C=C/C(=O)Nc2ccc(NC(=O)C(C)C)cc2)cc1OC. The Bertz CT molecular complexity index is 858. The topological polar surface area (TPSA) is 76.7 Å². The van der Waals surface area contributed by atoms with E-state index in [-0.39, 0.29) is 17.7 Å². The van der Waals surface area contributed by atoms with Crippen molar-refractivity contribution in [2.75, 3.05) is 24.4 Å². The van der Waals surface area contributed by atoms with Crippen LogP contribution in [0.3, 0.4) is 0 Å². The summed E-state index contributed by atoms with van der Waals surface area (Å²) in [4.78, 5) is 23.9. The molecule has 0 spiro atoms. The van der Waals surface area contributed by atoms with E-state index in [2.05, 4.69) is 10.6 Å². The van der Waals surface area contributed by atoms with Crippen molar-refractivity contribution in [1.82, 2.24) is 0 Å². The first-order valence-corrected chi connectivity index (χ1v) is 9.63. The predicted molar refractivity (Wildman–Crippen MR) is 116 cm³/mol. The molecule has 0 aliphatic rings. The zero-order valence-corrected chi connectivity index (χ0v) is 17.3. The molecule has 2 aromatic carbocycles. The zero-order chi connectivity index (χ0) is 21.2. The van der Waals surface area contributed by atoms with Gasteiger partial charge >= 0.3 is 0 Å². The van der Waals surface area contributed by atoms with Crippen LogP contribution < -0.4 is 20.1 Å². The third-order valence-electron chi connectivity index (χ3n) is 4.02. The van der Waals surface area contributed by atoms with Crippen molar-refractivity contribution in [2.45, 2.75) is 27.2 Å². The lowest BCUT2D eigenvalue weighted by molar-refractivity contribution is -0.119. The van der Waals surface area contributed by atoms with Crippen molar-refractivity contribution < 1.29 is 19.1 Å². The second-order valence-corrected chi connectivity index (χ2v) is 6.80. The van der Waals surface area contributed by atoms with Crippen LogP contribution in [0.25, 0.3) is 6.08 Å². The Morgan fingerprint density at radius 3 is 2.24 bits per heavy atom. The fourth-order valence-corrected chi connectivity index (χ4v) is 2.40. The van der Waals surface area contributed by atoms with Crippen molar-refractivity contribution in [3.63, 3.8) is 0 Å². The maximum Gasteiger partial charge on any atom is 0.248 e. The van der Waals surface area contributed by atoms with E-state index < -0.39 is 0 Å². The minimum Gasteiger partial charge on any atom is -0.493 e. The summed E-state index contributed by atoms with van der Waals surface area (Å²) < 4.78 is 11.0. The standard InChI is InChI=1S/C23H28N2O4/c1-5-14-29-20-12-6-17(15-21(20)28-4)7-13-22(26)24-18-8-10-19(11-9-18)25-23(27)16(2)3/h6-13,15-16H,5,14H2,1-4H3,(H,24,26)(H,25,27)/b13-7+. The monoisotopic (exact) mass is 396 g/mol. The summed E-state index contributed by atoms with van der Waals surface area (Å²) >= 11 is 0. The number of methoxy groups -OCH3 is 1. The molecule has 0 saturated carbocycles. The number of nitrogens with one attached hydrogen (secondary N) is 2. The molecule has 0 heterocycles. The summed E-state index contributed by atoms with van der Waals surface area (Å²) in [5.41, 5.74) is 2.16. The summed E-state index contributed by atoms with van der Waals surface area (Å²) in [6, 6.07) is 12.5. The molecule has 6 nitrogen and oxygen atoms in total. The van der Waals surface area contributed by atoms with Crippen LogP contribution in [0.2, 0.25) is 0 Å². The molecule has 2 rings (SSSR count). The van der Waals surface area contributed by atoms with Gasteiger partial charge in [0.1, 0.15) is 0 Å². The average molecular weight is 396 g/mol. The van der Waals surface area contributed by atoms with Gasteiger partial charge in [-0.2, -0.15) is 0 Å². The molecule has 0 saturated heterocycles. The lowest BCUT2D eigenvalue weighted by atomic mass is 10.2. The van der Waals surface area contributed by atoms with Gasteiger partial charge in [-0.25, -0.2) is 0 Å². The average Bonchev–Trinajstić information content (AvgIpc) is 2.72. The predicted octanol–water partition coefficient (Wildman–Crippen LogP) is 4.73. The van der Waals surface area contributed by atoms with Gasteiger partial charge in [0, 0.05) is 23.4 Å². The number of hydrogen-bond acceptors (Lipinski definition) is 4. The molecular formula is C23H28N2O4. The molecule has 154 valence electrons. The maximum absolute atomic E-state index is 12.2. The molecule has 0 aliphatic carbocycles. The van der Waals surface area contributed by atoms with E-state index in [0.29, 0.717) is 29.5 Å². The molecule has 0 atom stereocenters. The summed E-state index contributed by atoms with van der Waals surface area (Å²) in [5.74, 6) is 0.909. The van der Waals surface area contributed by atoms with E-state index in [0.717, 1.165) is 12.0 Å². The number of rotatable bonds is 9. The Kier molecular flexibility index (Phi) is 8.27. The highest BCUT2D eigenvalue weighted by Gasteiger charge is 2.07. The molecule has 0 fully saturated rings. The van der Waals surface area contributed by atoms with Crippen LogP contribution in [-0.2, 0) is 9.59 Å². The second-order valence-electron chi connectivity index (χ2n) is 6.80. The third kappa shape index (κ3) is 6.99. The summed E-state index contributed by atoms with van der Waals surface area (Å²) in [5, 5.41) is 5.60. The normalized spacial score (nSPS) is 10.8. The van der Waals surface area contributed by atoms with E-state index >= 15 is 0 Å². The van der Waals surface area contributed by atoms with Crippen LogP contribution in [0, 0.1) is 5.92 Å². The Labute approximate surface area is 171 Å². The number of hydrogen-bond donors (Lipinski definition) is 2. The molecular weight excluding hydrogens is 368 g/mol. The lowest BCUT2D eigenvalue weighted by Gasteiger charge is -2.10. The van der Waals surface area contributed by atoms with Crippen LogP contribution in [0.4, 0.5) is 11.4 Å². The third-order valence-corrected chi connectivity index (χ3v) is 4.02. The molecule has 0 unspecified atom stereocenters.